The standard InChI is InChI=1S/C28H32O4/c1-22-28(2,31-20-25-16-10-5-11-17-25)27(30-19-24-14-8-4-9-15-24)26(32-22)21-29-18-23-12-6-3-7-13-23/h3-17,22,26-27H,18-21H2,1-2H3/t22?,26-,27-,28-/m1/s1. The monoisotopic (exact) mass is 432 g/mol. The zero-order chi connectivity index (χ0) is 22.2. The minimum absolute atomic E-state index is 0.127. The highest BCUT2D eigenvalue weighted by atomic mass is 16.6. The smallest absolute Gasteiger partial charge is 0.120 e. The van der Waals surface area contributed by atoms with Crippen molar-refractivity contribution in [1.82, 2.24) is 0 Å². The molecule has 1 heterocycles. The Morgan fingerprint density at radius 2 is 1.22 bits per heavy atom. The summed E-state index contributed by atoms with van der Waals surface area (Å²) in [5.74, 6) is 0. The fourth-order valence-electron chi connectivity index (χ4n) is 4.11. The summed E-state index contributed by atoms with van der Waals surface area (Å²) in [6, 6.07) is 30.6. The quantitative estimate of drug-likeness (QED) is 0.421. The Morgan fingerprint density at radius 1 is 0.719 bits per heavy atom. The van der Waals surface area contributed by atoms with Gasteiger partial charge >= 0.3 is 0 Å². The van der Waals surface area contributed by atoms with Crippen LogP contribution in [0.25, 0.3) is 0 Å². The third kappa shape index (κ3) is 5.64. The van der Waals surface area contributed by atoms with E-state index in [1.165, 1.54) is 0 Å². The Morgan fingerprint density at radius 3 is 1.78 bits per heavy atom. The van der Waals surface area contributed by atoms with Gasteiger partial charge in [0.05, 0.1) is 32.5 Å². The molecule has 1 fully saturated rings. The normalized spacial score (nSPS) is 25.1. The van der Waals surface area contributed by atoms with E-state index in [0.29, 0.717) is 26.4 Å². The van der Waals surface area contributed by atoms with Gasteiger partial charge in [-0.25, -0.2) is 0 Å². The molecule has 3 aromatic carbocycles. The topological polar surface area (TPSA) is 36.9 Å². The molecule has 0 amide bonds. The lowest BCUT2D eigenvalue weighted by Gasteiger charge is -2.34. The molecule has 1 saturated heterocycles. The minimum Gasteiger partial charge on any atom is -0.374 e. The van der Waals surface area contributed by atoms with Crippen molar-refractivity contribution in [3.63, 3.8) is 0 Å². The van der Waals surface area contributed by atoms with Crippen LogP contribution in [0.1, 0.15) is 30.5 Å². The molecule has 1 unspecified atom stereocenters. The zero-order valence-corrected chi connectivity index (χ0v) is 18.9. The molecule has 0 bridgehead atoms. The molecule has 4 atom stereocenters. The van der Waals surface area contributed by atoms with Crippen molar-refractivity contribution in [3.05, 3.63) is 108 Å². The SMILES string of the molecule is CC1O[C@H](COCc2ccccc2)[C@@H](OCc2ccccc2)[C@]1(C)OCc1ccccc1. The predicted molar refractivity (Wildman–Crippen MR) is 125 cm³/mol. The van der Waals surface area contributed by atoms with Crippen LogP contribution in [0.3, 0.4) is 0 Å². The minimum atomic E-state index is -0.592. The highest BCUT2D eigenvalue weighted by molar-refractivity contribution is 5.16. The summed E-state index contributed by atoms with van der Waals surface area (Å²) in [6.07, 6.45) is -0.590. The summed E-state index contributed by atoms with van der Waals surface area (Å²) in [7, 11) is 0. The van der Waals surface area contributed by atoms with Gasteiger partial charge in [-0.05, 0) is 30.5 Å². The molecule has 168 valence electrons. The Hall–Kier alpha value is -2.50. The second-order valence-corrected chi connectivity index (χ2v) is 8.49. The van der Waals surface area contributed by atoms with Crippen LogP contribution < -0.4 is 0 Å². The van der Waals surface area contributed by atoms with Gasteiger partial charge in [0.1, 0.15) is 17.8 Å². The highest BCUT2D eigenvalue weighted by Gasteiger charge is 2.53. The molecule has 0 radical (unpaired) electrons. The second kappa shape index (κ2) is 10.9. The fraction of sp³-hybridized carbons (Fsp3) is 0.357. The molecule has 0 aromatic heterocycles. The first-order valence-corrected chi connectivity index (χ1v) is 11.3. The summed E-state index contributed by atoms with van der Waals surface area (Å²) in [6.45, 7) is 6.15. The maximum absolute atomic E-state index is 6.48. The van der Waals surface area contributed by atoms with E-state index in [1.807, 2.05) is 54.6 Å². The Kier molecular flexibility index (Phi) is 7.72. The van der Waals surface area contributed by atoms with E-state index in [4.69, 9.17) is 18.9 Å². The highest BCUT2D eigenvalue weighted by Crippen LogP contribution is 2.38. The molecule has 3 aromatic rings. The van der Waals surface area contributed by atoms with Gasteiger partial charge in [-0.3, -0.25) is 0 Å². The number of hydrogen-bond donors (Lipinski definition) is 0. The van der Waals surface area contributed by atoms with Crippen molar-refractivity contribution in [2.45, 2.75) is 57.6 Å². The average Bonchev–Trinajstić information content (AvgIpc) is 3.07. The van der Waals surface area contributed by atoms with Gasteiger partial charge in [-0.15, -0.1) is 0 Å². The van der Waals surface area contributed by atoms with E-state index < -0.39 is 5.60 Å². The molecule has 1 aliphatic heterocycles. The van der Waals surface area contributed by atoms with Crippen molar-refractivity contribution < 1.29 is 18.9 Å². The van der Waals surface area contributed by atoms with Crippen molar-refractivity contribution >= 4 is 0 Å². The van der Waals surface area contributed by atoms with E-state index in [2.05, 4.69) is 50.2 Å². The van der Waals surface area contributed by atoms with Crippen LogP contribution in [0.15, 0.2) is 91.0 Å². The van der Waals surface area contributed by atoms with Crippen LogP contribution in [0, 0.1) is 0 Å². The first kappa shape index (κ1) is 22.7. The lowest BCUT2D eigenvalue weighted by molar-refractivity contribution is -0.144. The van der Waals surface area contributed by atoms with E-state index >= 15 is 0 Å². The van der Waals surface area contributed by atoms with Crippen LogP contribution in [-0.4, -0.2) is 30.5 Å². The van der Waals surface area contributed by atoms with E-state index in [1.54, 1.807) is 0 Å². The third-order valence-corrected chi connectivity index (χ3v) is 6.15. The van der Waals surface area contributed by atoms with Gasteiger partial charge in [-0.1, -0.05) is 91.0 Å². The van der Waals surface area contributed by atoms with Gasteiger partial charge in [-0.2, -0.15) is 0 Å². The number of rotatable bonds is 10. The van der Waals surface area contributed by atoms with E-state index in [-0.39, 0.29) is 18.3 Å². The van der Waals surface area contributed by atoms with Crippen LogP contribution in [0.5, 0.6) is 0 Å². The molecular weight excluding hydrogens is 400 g/mol. The average molecular weight is 433 g/mol. The van der Waals surface area contributed by atoms with E-state index in [9.17, 15) is 0 Å². The second-order valence-electron chi connectivity index (χ2n) is 8.49. The van der Waals surface area contributed by atoms with Crippen molar-refractivity contribution in [2.24, 2.45) is 0 Å². The molecule has 1 aliphatic rings. The number of benzene rings is 3. The predicted octanol–water partition coefficient (Wildman–Crippen LogP) is 5.55. The van der Waals surface area contributed by atoms with Crippen LogP contribution in [-0.2, 0) is 38.8 Å². The molecule has 4 heteroatoms. The summed E-state index contributed by atoms with van der Waals surface area (Å²) >= 11 is 0. The molecule has 0 saturated carbocycles. The maximum Gasteiger partial charge on any atom is 0.120 e. The molecule has 0 aliphatic carbocycles. The van der Waals surface area contributed by atoms with Gasteiger partial charge in [0, 0.05) is 0 Å². The van der Waals surface area contributed by atoms with E-state index in [0.717, 1.165) is 16.7 Å². The van der Waals surface area contributed by atoms with Crippen LogP contribution >= 0.6 is 0 Å². The lowest BCUT2D eigenvalue weighted by atomic mass is 9.92. The lowest BCUT2D eigenvalue weighted by Crippen LogP contribution is -2.49. The Bertz CT molecular complexity index is 931. The molecule has 4 nitrogen and oxygen atoms in total. The largest absolute Gasteiger partial charge is 0.374 e. The first-order chi connectivity index (χ1) is 15.6. The van der Waals surface area contributed by atoms with Gasteiger partial charge in [0.2, 0.25) is 0 Å². The van der Waals surface area contributed by atoms with Gasteiger partial charge in [0.15, 0.2) is 0 Å². The molecule has 4 rings (SSSR count). The molecular formula is C28H32O4. The zero-order valence-electron chi connectivity index (χ0n) is 18.9. The fourth-order valence-corrected chi connectivity index (χ4v) is 4.11. The maximum atomic E-state index is 6.48. The van der Waals surface area contributed by atoms with Gasteiger partial charge < -0.3 is 18.9 Å². The first-order valence-electron chi connectivity index (χ1n) is 11.3. The van der Waals surface area contributed by atoms with Crippen molar-refractivity contribution in [1.29, 1.82) is 0 Å². The summed E-state index contributed by atoms with van der Waals surface area (Å²) < 4.78 is 25.3. The Balaban J connectivity index is 1.45. The summed E-state index contributed by atoms with van der Waals surface area (Å²) in [5.41, 5.74) is 2.81. The molecule has 0 N–H and O–H groups in total. The Labute approximate surface area is 191 Å². The number of hydrogen-bond acceptors (Lipinski definition) is 4. The third-order valence-electron chi connectivity index (χ3n) is 6.15. The van der Waals surface area contributed by atoms with Crippen LogP contribution in [0.2, 0.25) is 0 Å². The number of ether oxygens (including phenoxy) is 4. The molecule has 0 spiro atoms. The molecule has 32 heavy (non-hydrogen) atoms. The van der Waals surface area contributed by atoms with Crippen molar-refractivity contribution in [3.8, 4) is 0 Å². The van der Waals surface area contributed by atoms with Crippen molar-refractivity contribution in [2.75, 3.05) is 6.61 Å². The summed E-state index contributed by atoms with van der Waals surface area (Å²) in [4.78, 5) is 0. The summed E-state index contributed by atoms with van der Waals surface area (Å²) in [5, 5.41) is 0. The van der Waals surface area contributed by atoms with Gasteiger partial charge in [0.25, 0.3) is 0 Å². The van der Waals surface area contributed by atoms with Crippen LogP contribution in [0.4, 0.5) is 0 Å².